The van der Waals surface area contributed by atoms with E-state index in [0.29, 0.717) is 0 Å². The summed E-state index contributed by atoms with van der Waals surface area (Å²) in [7, 11) is 0. The lowest BCUT2D eigenvalue weighted by atomic mass is 9.12. The number of hydrogen-bond acceptors (Lipinski definition) is 0. The van der Waals surface area contributed by atoms with Crippen molar-refractivity contribution in [3.63, 3.8) is 0 Å². The average molecular weight is 705 g/mol. The molecule has 4 aromatic rings. The van der Waals surface area contributed by atoms with E-state index in [4.69, 9.17) is 0 Å². The lowest BCUT2D eigenvalue weighted by Crippen LogP contribution is -2.81. The van der Waals surface area contributed by atoms with Crippen molar-refractivity contribution in [3.05, 3.63) is 116 Å². The van der Waals surface area contributed by atoms with Gasteiger partial charge in [-0.25, -0.2) is 87.8 Å². The maximum atomic E-state index is 15.4. The predicted molar refractivity (Wildman–Crippen MR) is 118 cm³/mol. The third-order valence-electron chi connectivity index (χ3n) is 6.71. The SMILES string of the molecule is Fc1c(F)c(F)c([B-](c2c(F)c(F)c(F)c(F)c2F)(c2c(F)c(F)c(F)c(F)c2F)c2c(F)c(F)c(F)c(F)c2F)c(F)c1F.[MgH2]. The van der Waals surface area contributed by atoms with Crippen LogP contribution in [0.5, 0.6) is 0 Å². The van der Waals surface area contributed by atoms with Crippen molar-refractivity contribution in [2.45, 2.75) is 0 Å². The Bertz CT molecular complexity index is 1580. The Labute approximate surface area is 255 Å². The summed E-state index contributed by atoms with van der Waals surface area (Å²) in [6.07, 6.45) is -7.22. The fourth-order valence-electron chi connectivity index (χ4n) is 4.87. The summed E-state index contributed by atoms with van der Waals surface area (Å²) in [5, 5.41) is 0. The summed E-state index contributed by atoms with van der Waals surface area (Å²) in [6, 6.07) is 0. The molecule has 22 heteroatoms. The van der Waals surface area contributed by atoms with Gasteiger partial charge in [-0.2, -0.15) is 0 Å². The van der Waals surface area contributed by atoms with E-state index >= 15 is 35.1 Å². The fourth-order valence-corrected chi connectivity index (χ4v) is 4.87. The molecule has 244 valence electrons. The summed E-state index contributed by atoms with van der Waals surface area (Å²) >= 11 is 0. The van der Waals surface area contributed by atoms with Crippen molar-refractivity contribution < 1.29 is 87.8 Å². The molecule has 4 rings (SSSR count). The van der Waals surface area contributed by atoms with E-state index in [1.807, 2.05) is 0 Å². The predicted octanol–water partition coefficient (Wildman–Crippen LogP) is 4.93. The van der Waals surface area contributed by atoms with Gasteiger partial charge in [-0.15, -0.1) is 21.9 Å². The third kappa shape index (κ3) is 4.60. The second-order valence-electron chi connectivity index (χ2n) is 8.80. The lowest BCUT2D eigenvalue weighted by Gasteiger charge is -2.44. The zero-order valence-corrected chi connectivity index (χ0v) is 20.1. The van der Waals surface area contributed by atoms with Crippen molar-refractivity contribution in [2.24, 2.45) is 0 Å². The molecule has 0 nitrogen and oxygen atoms in total. The summed E-state index contributed by atoms with van der Waals surface area (Å²) in [5.74, 6) is -71.4. The average Bonchev–Trinajstić information content (AvgIpc) is 3.00. The van der Waals surface area contributed by atoms with E-state index in [2.05, 4.69) is 0 Å². The molecule has 4 aromatic carbocycles. The van der Waals surface area contributed by atoms with Crippen LogP contribution in [0.4, 0.5) is 87.8 Å². The number of benzene rings is 4. The Morgan fingerprint density at radius 1 is 0.174 bits per heavy atom. The molecule has 0 radical (unpaired) electrons. The molecular weight excluding hydrogens is 703 g/mol. The highest BCUT2D eigenvalue weighted by atomic mass is 24.3. The van der Waals surface area contributed by atoms with Gasteiger partial charge in [0, 0.05) is 0 Å². The van der Waals surface area contributed by atoms with Crippen LogP contribution in [-0.2, 0) is 0 Å². The van der Waals surface area contributed by atoms with Crippen molar-refractivity contribution in [3.8, 4) is 0 Å². The molecule has 0 aliphatic carbocycles. The van der Waals surface area contributed by atoms with Gasteiger partial charge in [0.05, 0.1) is 0 Å². The molecule has 0 saturated carbocycles. The first-order chi connectivity index (χ1) is 20.7. The van der Waals surface area contributed by atoms with E-state index in [-0.39, 0.29) is 23.1 Å². The summed E-state index contributed by atoms with van der Waals surface area (Å²) in [6.45, 7) is 0. The van der Waals surface area contributed by atoms with Gasteiger partial charge in [-0.1, -0.05) is 0 Å². The molecule has 0 saturated heterocycles. The molecule has 0 unspecified atom stereocenters. The first kappa shape index (κ1) is 36.8. The van der Waals surface area contributed by atoms with Gasteiger partial charge < -0.3 is 0 Å². The highest BCUT2D eigenvalue weighted by Crippen LogP contribution is 2.30. The first-order valence-electron chi connectivity index (χ1n) is 10.9. The van der Waals surface area contributed by atoms with Crippen LogP contribution in [0, 0.1) is 116 Å². The van der Waals surface area contributed by atoms with Crippen LogP contribution < -0.4 is 21.9 Å². The van der Waals surface area contributed by atoms with E-state index in [1.165, 1.54) is 0 Å². The van der Waals surface area contributed by atoms with Crippen molar-refractivity contribution in [2.75, 3.05) is 0 Å². The van der Waals surface area contributed by atoms with Crippen LogP contribution in [0.1, 0.15) is 0 Å². The standard InChI is InChI=1S/C24BF20.Mg.2H/c26-5-1(6(27)14(35)21(42)13(5)34)25(2-7(28)15(36)22(43)16(37)8(2)29,3-9(30)17(38)23(44)18(39)10(3)31)4-11(32)19(40)24(45)20(41)12(4)33;;;/q-1;;;. The molecule has 0 aromatic heterocycles. The van der Waals surface area contributed by atoms with Gasteiger partial charge >= 0.3 is 23.1 Å². The molecule has 0 aliphatic rings. The summed E-state index contributed by atoms with van der Waals surface area (Å²) < 4.78 is 294. The molecule has 0 spiro atoms. The normalized spacial score (nSPS) is 11.7. The molecule has 0 bridgehead atoms. The van der Waals surface area contributed by atoms with Gasteiger partial charge in [0.1, 0.15) is 52.7 Å². The molecular formula is C24H2BF20Mg-. The Hall–Kier alpha value is -3.69. The van der Waals surface area contributed by atoms with Gasteiger partial charge in [-0.05, 0) is 0 Å². The van der Waals surface area contributed by atoms with Crippen molar-refractivity contribution in [1.29, 1.82) is 0 Å². The Kier molecular flexibility index (Phi) is 9.72. The topological polar surface area (TPSA) is 0 Å². The zero-order chi connectivity index (χ0) is 34.4. The van der Waals surface area contributed by atoms with Gasteiger partial charge in [-0.3, -0.25) is 0 Å². The Balaban J connectivity index is 0.00000576. The Morgan fingerprint density at radius 2 is 0.261 bits per heavy atom. The van der Waals surface area contributed by atoms with Gasteiger partial charge in [0.2, 0.25) is 0 Å². The second kappa shape index (κ2) is 12.2. The maximum absolute atomic E-state index is 15.4. The highest BCUT2D eigenvalue weighted by Gasteiger charge is 2.52. The molecule has 0 heterocycles. The van der Waals surface area contributed by atoms with E-state index < -0.39 is 144 Å². The molecule has 0 atom stereocenters. The van der Waals surface area contributed by atoms with Gasteiger partial charge in [0.25, 0.3) is 0 Å². The highest BCUT2D eigenvalue weighted by molar-refractivity contribution is 7.20. The largest absolute Gasteiger partial charge is 0.316 e. The van der Waals surface area contributed by atoms with Crippen molar-refractivity contribution >= 4 is 51.0 Å². The van der Waals surface area contributed by atoms with E-state index in [1.54, 1.807) is 0 Å². The first-order valence-corrected chi connectivity index (χ1v) is 10.9. The maximum Gasteiger partial charge on any atom is 0.316 e. The molecule has 46 heavy (non-hydrogen) atoms. The molecule has 0 aliphatic heterocycles. The van der Waals surface area contributed by atoms with E-state index in [9.17, 15) is 52.7 Å². The third-order valence-corrected chi connectivity index (χ3v) is 6.71. The minimum absolute atomic E-state index is 0. The number of halogens is 20. The summed E-state index contributed by atoms with van der Waals surface area (Å²) in [5.41, 5.74) is -14.3. The van der Waals surface area contributed by atoms with Crippen LogP contribution >= 0.6 is 0 Å². The molecule has 0 fully saturated rings. The lowest BCUT2D eigenvalue weighted by molar-refractivity contribution is 0.378. The van der Waals surface area contributed by atoms with Crippen LogP contribution in [0.3, 0.4) is 0 Å². The van der Waals surface area contributed by atoms with Gasteiger partial charge in [0.15, 0.2) is 69.8 Å². The minimum atomic E-state index is -7.22. The molecule has 0 N–H and O–H groups in total. The minimum Gasteiger partial charge on any atom is -0.207 e. The van der Waals surface area contributed by atoms with Crippen LogP contribution in [0.25, 0.3) is 0 Å². The quantitative estimate of drug-likeness (QED) is 0.122. The van der Waals surface area contributed by atoms with Crippen molar-refractivity contribution in [1.82, 2.24) is 0 Å². The monoisotopic (exact) mass is 705 g/mol. The van der Waals surface area contributed by atoms with Crippen LogP contribution in [0.15, 0.2) is 0 Å². The second-order valence-corrected chi connectivity index (χ2v) is 8.80. The smallest absolute Gasteiger partial charge is 0.207 e. The summed E-state index contributed by atoms with van der Waals surface area (Å²) in [4.78, 5) is 0. The van der Waals surface area contributed by atoms with E-state index in [0.717, 1.165) is 0 Å². The van der Waals surface area contributed by atoms with Crippen LogP contribution in [0.2, 0.25) is 0 Å². The molecule has 0 amide bonds. The number of hydrogen-bond donors (Lipinski definition) is 0. The Morgan fingerprint density at radius 3 is 0.370 bits per heavy atom. The zero-order valence-electron chi connectivity index (χ0n) is 20.1. The van der Waals surface area contributed by atoms with Crippen LogP contribution in [-0.4, -0.2) is 29.2 Å². The number of rotatable bonds is 4. The fraction of sp³-hybridized carbons (Fsp3) is 0.